The van der Waals surface area contributed by atoms with Gasteiger partial charge in [-0.25, -0.2) is 9.80 Å². The molecular weight excluding hydrogens is 525 g/mol. The Labute approximate surface area is 228 Å². The van der Waals surface area contributed by atoms with Crippen molar-refractivity contribution in [1.29, 1.82) is 0 Å². The van der Waals surface area contributed by atoms with Gasteiger partial charge in [0.05, 0.1) is 29.8 Å². The van der Waals surface area contributed by atoms with Crippen LogP contribution in [0.2, 0.25) is 10.0 Å². The van der Waals surface area contributed by atoms with Gasteiger partial charge in [-0.3, -0.25) is 9.36 Å². The summed E-state index contributed by atoms with van der Waals surface area (Å²) in [4.78, 5) is 24.9. The van der Waals surface area contributed by atoms with Gasteiger partial charge in [0.25, 0.3) is 0 Å². The molecule has 3 aromatic carbocycles. The number of rotatable bonds is 6. The van der Waals surface area contributed by atoms with E-state index in [0.29, 0.717) is 28.2 Å². The molecule has 0 saturated carbocycles. The Hall–Kier alpha value is -3.88. The fourth-order valence-corrected chi connectivity index (χ4v) is 5.72. The smallest absolute Gasteiger partial charge is 0.352 e. The van der Waals surface area contributed by atoms with Crippen LogP contribution in [0.3, 0.4) is 0 Å². The zero-order valence-corrected chi connectivity index (χ0v) is 21.7. The van der Waals surface area contributed by atoms with E-state index in [4.69, 9.17) is 28.3 Å². The van der Waals surface area contributed by atoms with Crippen LogP contribution in [0, 0.1) is 0 Å². The molecule has 1 aliphatic heterocycles. The highest BCUT2D eigenvalue weighted by Crippen LogP contribution is 2.46. The van der Waals surface area contributed by atoms with Gasteiger partial charge in [0.15, 0.2) is 0 Å². The number of nitrogens with zero attached hydrogens (tertiary/aromatic N) is 5. The first kappa shape index (κ1) is 24.5. The minimum atomic E-state index is -1.00. The van der Waals surface area contributed by atoms with Crippen LogP contribution in [0.1, 0.15) is 29.5 Å². The van der Waals surface area contributed by atoms with E-state index in [0.717, 1.165) is 24.1 Å². The Balaban J connectivity index is 1.51. The molecule has 6 rings (SSSR count). The van der Waals surface area contributed by atoms with Crippen molar-refractivity contribution in [3.8, 4) is 5.69 Å². The largest absolute Gasteiger partial charge is 0.481 e. The molecule has 1 N–H and O–H groups in total. The fraction of sp³-hybridized carbons (Fsp3) is 0.214. The topological polar surface area (TPSA) is 92.7 Å². The number of carboxylic acid groups (broad SMARTS) is 1. The van der Waals surface area contributed by atoms with E-state index < -0.39 is 17.1 Å². The van der Waals surface area contributed by atoms with Crippen molar-refractivity contribution < 1.29 is 9.90 Å². The molecule has 0 amide bonds. The first-order valence-electron chi connectivity index (χ1n) is 12.2. The molecular formula is C28H23Cl2N5O3. The molecule has 10 heteroatoms. The zero-order chi connectivity index (χ0) is 26.4. The van der Waals surface area contributed by atoms with Gasteiger partial charge in [0, 0.05) is 16.6 Å². The molecule has 1 aliphatic carbocycles. The van der Waals surface area contributed by atoms with Crippen LogP contribution in [0.15, 0.2) is 82.7 Å². The molecule has 2 heterocycles. The second-order valence-electron chi connectivity index (χ2n) is 9.52. The monoisotopic (exact) mass is 547 g/mol. The number of hydrogen-bond acceptors (Lipinski definition) is 5. The third kappa shape index (κ3) is 4.10. The van der Waals surface area contributed by atoms with Crippen LogP contribution < -0.4 is 10.7 Å². The minimum Gasteiger partial charge on any atom is -0.481 e. The molecule has 0 bridgehead atoms. The molecule has 0 saturated heterocycles. The molecule has 38 heavy (non-hydrogen) atoms. The second-order valence-corrected chi connectivity index (χ2v) is 10.4. The van der Waals surface area contributed by atoms with Crippen LogP contribution >= 0.6 is 23.2 Å². The Kier molecular flexibility index (Phi) is 6.08. The average molecular weight is 548 g/mol. The first-order valence-corrected chi connectivity index (χ1v) is 13.0. The standard InChI is InChI=1S/C28H23Cl2N5O3/c29-20-7-5-19(6-8-20)25-28(15-13-18-3-1-2-4-23(18)28)17-34(31-25)26-32-35(22-11-9-21(30)10-12-22)27(38)33(26)16-14-24(36)37/h1-12H,13-17H2,(H,36,37)/t28-/m0/s1. The second kappa shape index (κ2) is 9.45. The first-order chi connectivity index (χ1) is 18.4. The molecule has 0 unspecified atom stereocenters. The third-order valence-corrected chi connectivity index (χ3v) is 7.76. The van der Waals surface area contributed by atoms with Crippen LogP contribution in [0.4, 0.5) is 5.95 Å². The number of aromatic nitrogens is 3. The zero-order valence-electron chi connectivity index (χ0n) is 20.2. The van der Waals surface area contributed by atoms with Crippen molar-refractivity contribution >= 4 is 40.8 Å². The van der Waals surface area contributed by atoms with Crippen molar-refractivity contribution in [2.75, 3.05) is 11.6 Å². The van der Waals surface area contributed by atoms with Gasteiger partial charge in [-0.05, 0) is 65.9 Å². The van der Waals surface area contributed by atoms with Gasteiger partial charge < -0.3 is 5.11 Å². The highest BCUT2D eigenvalue weighted by atomic mass is 35.5. The van der Waals surface area contributed by atoms with Crippen LogP contribution in [-0.4, -0.2) is 37.7 Å². The van der Waals surface area contributed by atoms with Crippen molar-refractivity contribution in [2.24, 2.45) is 5.10 Å². The Morgan fingerprint density at radius 3 is 2.37 bits per heavy atom. The molecule has 1 aromatic heterocycles. The quantitative estimate of drug-likeness (QED) is 0.369. The van der Waals surface area contributed by atoms with E-state index in [1.54, 1.807) is 29.3 Å². The summed E-state index contributed by atoms with van der Waals surface area (Å²) in [7, 11) is 0. The molecule has 0 radical (unpaired) electrons. The lowest BCUT2D eigenvalue weighted by Crippen LogP contribution is -2.37. The van der Waals surface area contributed by atoms with E-state index >= 15 is 0 Å². The van der Waals surface area contributed by atoms with E-state index in [1.165, 1.54) is 20.4 Å². The number of aryl methyl sites for hydroxylation is 1. The number of carboxylic acids is 1. The molecule has 192 valence electrons. The molecule has 8 nitrogen and oxygen atoms in total. The number of benzene rings is 3. The van der Waals surface area contributed by atoms with Crippen molar-refractivity contribution in [3.05, 3.63) is 110 Å². The predicted octanol–water partition coefficient (Wildman–Crippen LogP) is 4.92. The SMILES string of the molecule is O=C(O)CCn1c(N2C[C@]3(CCc4ccccc43)C(c3ccc(Cl)cc3)=N2)nn(-c2ccc(Cl)cc2)c1=O. The lowest BCUT2D eigenvalue weighted by atomic mass is 9.75. The maximum Gasteiger partial charge on any atom is 0.352 e. The Bertz CT molecular complexity index is 1630. The number of fused-ring (bicyclic) bond motifs is 2. The molecule has 2 aliphatic rings. The Morgan fingerprint density at radius 1 is 0.974 bits per heavy atom. The molecule has 0 fully saturated rings. The number of carbonyl (C=O) groups is 1. The lowest BCUT2D eigenvalue weighted by molar-refractivity contribution is -0.137. The summed E-state index contributed by atoms with van der Waals surface area (Å²) < 4.78 is 2.64. The van der Waals surface area contributed by atoms with Crippen LogP contribution in [0.25, 0.3) is 5.69 Å². The maximum atomic E-state index is 13.5. The van der Waals surface area contributed by atoms with Gasteiger partial charge in [-0.2, -0.15) is 9.78 Å². The van der Waals surface area contributed by atoms with Gasteiger partial charge in [0.2, 0.25) is 5.95 Å². The number of hydrazone groups is 1. The third-order valence-electron chi connectivity index (χ3n) is 7.26. The predicted molar refractivity (Wildman–Crippen MR) is 147 cm³/mol. The summed E-state index contributed by atoms with van der Waals surface area (Å²) in [6.45, 7) is 0.426. The average Bonchev–Trinajstić information content (AvgIpc) is 3.58. The number of aliphatic carboxylic acids is 1. The van der Waals surface area contributed by atoms with Gasteiger partial charge in [0.1, 0.15) is 0 Å². The summed E-state index contributed by atoms with van der Waals surface area (Å²) in [6, 6.07) is 22.7. The summed E-state index contributed by atoms with van der Waals surface area (Å²) in [6.07, 6.45) is 1.53. The maximum absolute atomic E-state index is 13.5. The summed E-state index contributed by atoms with van der Waals surface area (Å²) in [5, 5.41) is 22.0. The molecule has 1 atom stereocenters. The van der Waals surface area contributed by atoms with Crippen molar-refractivity contribution in [2.45, 2.75) is 31.2 Å². The molecule has 4 aromatic rings. The summed E-state index contributed by atoms with van der Waals surface area (Å²) in [5.74, 6) is -0.714. The van der Waals surface area contributed by atoms with E-state index in [2.05, 4.69) is 17.2 Å². The normalized spacial score (nSPS) is 18.2. The minimum absolute atomic E-state index is 0.0387. The van der Waals surface area contributed by atoms with Gasteiger partial charge >= 0.3 is 11.7 Å². The number of halogens is 2. The van der Waals surface area contributed by atoms with Crippen molar-refractivity contribution in [3.63, 3.8) is 0 Å². The van der Waals surface area contributed by atoms with Gasteiger partial charge in [-0.15, -0.1) is 5.10 Å². The van der Waals surface area contributed by atoms with Crippen LogP contribution in [0.5, 0.6) is 0 Å². The van der Waals surface area contributed by atoms with E-state index in [-0.39, 0.29) is 13.0 Å². The molecule has 1 spiro atoms. The van der Waals surface area contributed by atoms with Crippen LogP contribution in [-0.2, 0) is 23.2 Å². The number of hydrogen-bond donors (Lipinski definition) is 1. The lowest BCUT2D eigenvalue weighted by Gasteiger charge is -2.27. The Morgan fingerprint density at radius 2 is 1.66 bits per heavy atom. The highest BCUT2D eigenvalue weighted by Gasteiger charge is 2.49. The van der Waals surface area contributed by atoms with E-state index in [9.17, 15) is 14.7 Å². The number of anilines is 1. The van der Waals surface area contributed by atoms with Gasteiger partial charge in [-0.1, -0.05) is 59.6 Å². The summed E-state index contributed by atoms with van der Waals surface area (Å²) in [5.41, 5.74) is 3.94. The van der Waals surface area contributed by atoms with Crippen molar-refractivity contribution in [1.82, 2.24) is 14.3 Å². The summed E-state index contributed by atoms with van der Waals surface area (Å²) >= 11 is 12.2. The van der Waals surface area contributed by atoms with E-state index in [1.807, 2.05) is 36.4 Å². The highest BCUT2D eigenvalue weighted by molar-refractivity contribution is 6.31. The fourth-order valence-electron chi connectivity index (χ4n) is 5.47.